The minimum absolute atomic E-state index is 0.0515. The Balaban J connectivity index is 1.36. The van der Waals surface area contributed by atoms with Crippen molar-refractivity contribution in [3.63, 3.8) is 0 Å². The zero-order valence-electron chi connectivity index (χ0n) is 19.7. The maximum atomic E-state index is 12.9. The molecule has 2 aromatic rings. The number of ether oxygens (including phenoxy) is 2. The predicted octanol–water partition coefficient (Wildman–Crippen LogP) is 5.23. The van der Waals surface area contributed by atoms with Crippen LogP contribution in [0, 0.1) is 0 Å². The summed E-state index contributed by atoms with van der Waals surface area (Å²) in [6, 6.07) is 20.7. The number of esters is 1. The molecular formula is C28H36BrNO4. The van der Waals surface area contributed by atoms with Gasteiger partial charge in [0.2, 0.25) is 0 Å². The van der Waals surface area contributed by atoms with Crippen molar-refractivity contribution in [3.8, 4) is 0 Å². The second-order valence-electron chi connectivity index (χ2n) is 9.42. The van der Waals surface area contributed by atoms with Gasteiger partial charge in [-0.3, -0.25) is 9.69 Å². The first kappa shape index (κ1) is 25.4. The molecule has 2 aromatic carbocycles. The Morgan fingerprint density at radius 3 is 2.18 bits per heavy atom. The molecule has 0 aromatic heterocycles. The summed E-state index contributed by atoms with van der Waals surface area (Å²) in [6.45, 7) is 1.40. The summed E-state index contributed by atoms with van der Waals surface area (Å²) in [5, 5.41) is 10.8. The van der Waals surface area contributed by atoms with Crippen LogP contribution in [0.3, 0.4) is 0 Å². The molecule has 0 amide bonds. The van der Waals surface area contributed by atoms with E-state index in [1.165, 1.54) is 5.56 Å². The van der Waals surface area contributed by atoms with Crippen LogP contribution in [0.25, 0.3) is 0 Å². The van der Waals surface area contributed by atoms with Crippen LogP contribution in [-0.2, 0) is 14.3 Å². The summed E-state index contributed by atoms with van der Waals surface area (Å²) in [7, 11) is 0. The first-order valence-corrected chi connectivity index (χ1v) is 13.7. The SMILES string of the molecule is O=C(OC1C[C@H]2CC[C@@H](C1)N2CC(OCCCCBr)c1ccccc1)C(CO)c1ccccc1. The van der Waals surface area contributed by atoms with E-state index < -0.39 is 5.92 Å². The van der Waals surface area contributed by atoms with Crippen molar-refractivity contribution in [2.75, 3.05) is 25.1 Å². The van der Waals surface area contributed by atoms with E-state index in [0.29, 0.717) is 12.1 Å². The Labute approximate surface area is 211 Å². The quantitative estimate of drug-likeness (QED) is 0.231. The Morgan fingerprint density at radius 1 is 0.971 bits per heavy atom. The minimum Gasteiger partial charge on any atom is -0.462 e. The topological polar surface area (TPSA) is 59.0 Å². The van der Waals surface area contributed by atoms with Gasteiger partial charge < -0.3 is 14.6 Å². The van der Waals surface area contributed by atoms with E-state index in [1.807, 2.05) is 36.4 Å². The van der Waals surface area contributed by atoms with Gasteiger partial charge in [0.1, 0.15) is 12.0 Å². The second kappa shape index (κ2) is 12.8. The van der Waals surface area contributed by atoms with Crippen molar-refractivity contribution in [2.24, 2.45) is 0 Å². The molecule has 0 spiro atoms. The third-order valence-corrected chi connectivity index (χ3v) is 7.75. The molecular weight excluding hydrogens is 494 g/mol. The zero-order chi connectivity index (χ0) is 23.8. The van der Waals surface area contributed by atoms with Crippen LogP contribution in [0.1, 0.15) is 61.7 Å². The average molecular weight is 531 g/mol. The van der Waals surface area contributed by atoms with Crippen LogP contribution >= 0.6 is 15.9 Å². The molecule has 1 N–H and O–H groups in total. The van der Waals surface area contributed by atoms with E-state index in [1.54, 1.807) is 0 Å². The van der Waals surface area contributed by atoms with E-state index in [4.69, 9.17) is 9.47 Å². The summed E-state index contributed by atoms with van der Waals surface area (Å²) in [5.74, 6) is -0.934. The van der Waals surface area contributed by atoms with Crippen LogP contribution in [0.5, 0.6) is 0 Å². The van der Waals surface area contributed by atoms with Crippen LogP contribution in [0.4, 0.5) is 0 Å². The number of hydrogen-bond donors (Lipinski definition) is 1. The van der Waals surface area contributed by atoms with E-state index >= 15 is 0 Å². The van der Waals surface area contributed by atoms with Crippen LogP contribution < -0.4 is 0 Å². The van der Waals surface area contributed by atoms with Crippen molar-refractivity contribution < 1.29 is 19.4 Å². The molecule has 34 heavy (non-hydrogen) atoms. The molecule has 184 valence electrons. The van der Waals surface area contributed by atoms with Crippen molar-refractivity contribution in [1.82, 2.24) is 4.90 Å². The monoisotopic (exact) mass is 529 g/mol. The molecule has 2 saturated heterocycles. The maximum absolute atomic E-state index is 12.9. The third kappa shape index (κ3) is 6.48. The first-order chi connectivity index (χ1) is 16.7. The molecule has 0 radical (unpaired) electrons. The van der Waals surface area contributed by atoms with Gasteiger partial charge in [0, 0.05) is 43.4 Å². The number of carbonyl (C=O) groups is 1. The van der Waals surface area contributed by atoms with Crippen molar-refractivity contribution in [1.29, 1.82) is 0 Å². The number of fused-ring (bicyclic) bond motifs is 2. The number of hydrogen-bond acceptors (Lipinski definition) is 5. The minimum atomic E-state index is -0.618. The van der Waals surface area contributed by atoms with Crippen LogP contribution in [0.15, 0.2) is 60.7 Å². The Kier molecular flexibility index (Phi) is 9.57. The highest BCUT2D eigenvalue weighted by molar-refractivity contribution is 9.09. The summed E-state index contributed by atoms with van der Waals surface area (Å²) < 4.78 is 12.3. The number of halogens is 1. The predicted molar refractivity (Wildman–Crippen MR) is 137 cm³/mol. The zero-order valence-corrected chi connectivity index (χ0v) is 21.3. The third-order valence-electron chi connectivity index (χ3n) is 7.19. The highest BCUT2D eigenvalue weighted by atomic mass is 79.9. The van der Waals surface area contributed by atoms with Crippen LogP contribution in [0.2, 0.25) is 0 Å². The number of aliphatic hydroxyl groups excluding tert-OH is 1. The van der Waals surface area contributed by atoms with Crippen molar-refractivity contribution in [3.05, 3.63) is 71.8 Å². The molecule has 2 heterocycles. The average Bonchev–Trinajstić information content (AvgIpc) is 3.09. The van der Waals surface area contributed by atoms with Gasteiger partial charge >= 0.3 is 5.97 Å². The summed E-state index contributed by atoms with van der Waals surface area (Å²) in [6.07, 6.45) is 6.08. The summed E-state index contributed by atoms with van der Waals surface area (Å²) in [4.78, 5) is 15.5. The van der Waals surface area contributed by atoms with Gasteiger partial charge in [0.15, 0.2) is 0 Å². The largest absolute Gasteiger partial charge is 0.462 e. The smallest absolute Gasteiger partial charge is 0.316 e. The molecule has 5 nitrogen and oxygen atoms in total. The Hall–Kier alpha value is -1.73. The highest BCUT2D eigenvalue weighted by Gasteiger charge is 2.43. The maximum Gasteiger partial charge on any atom is 0.316 e. The molecule has 5 atom stereocenters. The fraction of sp³-hybridized carbons (Fsp3) is 0.536. The van der Waals surface area contributed by atoms with Crippen molar-refractivity contribution in [2.45, 2.75) is 68.7 Å². The molecule has 3 unspecified atom stereocenters. The van der Waals surface area contributed by atoms with Gasteiger partial charge in [0.25, 0.3) is 0 Å². The lowest BCUT2D eigenvalue weighted by Crippen LogP contribution is -2.48. The number of piperidine rings is 1. The van der Waals surface area contributed by atoms with Gasteiger partial charge in [-0.2, -0.15) is 0 Å². The highest BCUT2D eigenvalue weighted by Crippen LogP contribution is 2.39. The second-order valence-corrected chi connectivity index (χ2v) is 10.2. The molecule has 2 aliphatic heterocycles. The number of alkyl halides is 1. The van der Waals surface area contributed by atoms with E-state index in [-0.39, 0.29) is 24.8 Å². The normalized spacial score (nSPS) is 24.0. The molecule has 2 bridgehead atoms. The number of benzene rings is 2. The number of nitrogens with zero attached hydrogens (tertiary/aromatic N) is 1. The standard InChI is InChI=1S/C28H36BrNO4/c29-15-7-8-16-33-27(22-11-5-2-6-12-22)19-30-23-13-14-24(30)18-25(17-23)34-28(32)26(20-31)21-9-3-1-4-10-21/h1-6,9-12,23-27,31H,7-8,13-20H2/t23-,24+,25?,26?,27?. The van der Waals surface area contributed by atoms with Gasteiger partial charge in [0.05, 0.1) is 12.7 Å². The lowest BCUT2D eigenvalue weighted by molar-refractivity contribution is -0.156. The molecule has 2 fully saturated rings. The molecule has 6 heteroatoms. The van der Waals surface area contributed by atoms with Gasteiger partial charge in [-0.15, -0.1) is 0 Å². The van der Waals surface area contributed by atoms with Crippen molar-refractivity contribution >= 4 is 21.9 Å². The molecule has 2 aliphatic rings. The number of unbranched alkanes of at least 4 members (excludes halogenated alkanes) is 1. The first-order valence-electron chi connectivity index (χ1n) is 12.5. The summed E-state index contributed by atoms with van der Waals surface area (Å²) in [5.41, 5.74) is 2.03. The molecule has 0 saturated carbocycles. The van der Waals surface area contributed by atoms with E-state index in [0.717, 1.165) is 62.6 Å². The lowest BCUT2D eigenvalue weighted by Gasteiger charge is -2.40. The van der Waals surface area contributed by atoms with Gasteiger partial charge in [-0.25, -0.2) is 0 Å². The van der Waals surface area contributed by atoms with E-state index in [2.05, 4.69) is 45.1 Å². The number of rotatable bonds is 12. The Bertz CT molecular complexity index is 866. The van der Waals surface area contributed by atoms with E-state index in [9.17, 15) is 9.90 Å². The fourth-order valence-electron chi connectivity index (χ4n) is 5.40. The fourth-order valence-corrected chi connectivity index (χ4v) is 5.80. The van der Waals surface area contributed by atoms with Gasteiger partial charge in [-0.1, -0.05) is 76.6 Å². The summed E-state index contributed by atoms with van der Waals surface area (Å²) >= 11 is 3.50. The van der Waals surface area contributed by atoms with Crippen LogP contribution in [-0.4, -0.2) is 59.3 Å². The molecule has 0 aliphatic carbocycles. The number of carbonyl (C=O) groups excluding carboxylic acids is 1. The molecule has 4 rings (SSSR count). The number of aliphatic hydroxyl groups is 1. The Morgan fingerprint density at radius 2 is 1.59 bits per heavy atom. The van der Waals surface area contributed by atoms with Gasteiger partial charge in [-0.05, 0) is 36.8 Å². The lowest BCUT2D eigenvalue weighted by atomic mass is 9.97.